The maximum Gasteiger partial charge on any atom is 0.0882 e. The molecule has 0 aromatic heterocycles. The van der Waals surface area contributed by atoms with Gasteiger partial charge in [-0.2, -0.15) is 0 Å². The Morgan fingerprint density at radius 2 is 1.65 bits per heavy atom. The summed E-state index contributed by atoms with van der Waals surface area (Å²) in [7, 11) is -0.409. The molecule has 0 saturated heterocycles. The molecule has 0 radical (unpaired) electrons. The summed E-state index contributed by atoms with van der Waals surface area (Å²) < 4.78 is 0. The van der Waals surface area contributed by atoms with Crippen molar-refractivity contribution in [2.24, 2.45) is 0 Å². The van der Waals surface area contributed by atoms with Gasteiger partial charge in [-0.05, 0) is 30.5 Å². The minimum absolute atomic E-state index is 0.409. The van der Waals surface area contributed by atoms with Crippen LogP contribution in [0.15, 0.2) is 42.5 Å². The zero-order valence-corrected chi connectivity index (χ0v) is 12.5. The van der Waals surface area contributed by atoms with Crippen LogP contribution < -0.4 is 10.4 Å². The maximum atomic E-state index is 5.99. The molecule has 0 atom stereocenters. The van der Waals surface area contributed by atoms with E-state index in [4.69, 9.17) is 11.6 Å². The molecular formula is C15H17ClSi. The molecule has 0 aliphatic carbocycles. The van der Waals surface area contributed by atoms with Crippen LogP contribution in [0.3, 0.4) is 0 Å². The van der Waals surface area contributed by atoms with Gasteiger partial charge in [0.25, 0.3) is 0 Å². The Morgan fingerprint density at radius 3 is 2.41 bits per heavy atom. The summed E-state index contributed by atoms with van der Waals surface area (Å²) in [6.45, 7) is 4.40. The highest BCUT2D eigenvalue weighted by Gasteiger charge is 2.06. The van der Waals surface area contributed by atoms with Gasteiger partial charge >= 0.3 is 0 Å². The SMILES string of the molecule is Cc1cccc([SiH2]c2ccccc2CCl)c1C. The molecule has 2 heteroatoms. The van der Waals surface area contributed by atoms with Gasteiger partial charge in [-0.1, -0.05) is 52.8 Å². The van der Waals surface area contributed by atoms with Gasteiger partial charge in [-0.25, -0.2) is 0 Å². The first-order chi connectivity index (χ1) is 8.22. The van der Waals surface area contributed by atoms with E-state index >= 15 is 0 Å². The normalized spacial score (nSPS) is 11.2. The molecule has 0 nitrogen and oxygen atoms in total. The second-order valence-corrected chi connectivity index (χ2v) is 6.58. The fourth-order valence-electron chi connectivity index (χ4n) is 2.07. The minimum atomic E-state index is -0.409. The van der Waals surface area contributed by atoms with Crippen LogP contribution in [0.25, 0.3) is 0 Å². The molecule has 0 saturated carbocycles. The van der Waals surface area contributed by atoms with Crippen LogP contribution in [0.4, 0.5) is 0 Å². The first-order valence-electron chi connectivity index (χ1n) is 5.90. The molecule has 0 bridgehead atoms. The number of aryl methyl sites for hydroxylation is 1. The Balaban J connectivity index is 2.35. The van der Waals surface area contributed by atoms with Gasteiger partial charge in [-0.15, -0.1) is 11.6 Å². The van der Waals surface area contributed by atoms with Gasteiger partial charge in [0.1, 0.15) is 0 Å². The lowest BCUT2D eigenvalue weighted by atomic mass is 10.1. The van der Waals surface area contributed by atoms with E-state index in [1.54, 1.807) is 0 Å². The molecule has 2 aromatic carbocycles. The van der Waals surface area contributed by atoms with E-state index < -0.39 is 9.52 Å². The van der Waals surface area contributed by atoms with Crippen LogP contribution in [0.5, 0.6) is 0 Å². The Morgan fingerprint density at radius 1 is 0.941 bits per heavy atom. The largest absolute Gasteiger partial charge is 0.122 e. The summed E-state index contributed by atoms with van der Waals surface area (Å²) in [6.07, 6.45) is 0. The molecule has 0 N–H and O–H groups in total. The van der Waals surface area contributed by atoms with Crippen molar-refractivity contribution in [3.63, 3.8) is 0 Å². The van der Waals surface area contributed by atoms with E-state index in [9.17, 15) is 0 Å². The number of alkyl halides is 1. The predicted molar refractivity (Wildman–Crippen MR) is 79.7 cm³/mol. The Kier molecular flexibility index (Phi) is 4.03. The standard InChI is InChI=1S/C15H17ClSi/c1-11-6-5-9-14(12(11)2)17-15-8-4-3-7-13(15)10-16/h3-9H,10,17H2,1-2H3. The van der Waals surface area contributed by atoms with E-state index in [0.29, 0.717) is 5.88 Å². The van der Waals surface area contributed by atoms with Crippen LogP contribution in [0, 0.1) is 13.8 Å². The summed E-state index contributed by atoms with van der Waals surface area (Å²) >= 11 is 5.99. The summed E-state index contributed by atoms with van der Waals surface area (Å²) in [5, 5.41) is 3.00. The fourth-order valence-corrected chi connectivity index (χ4v) is 4.42. The number of rotatable bonds is 3. The van der Waals surface area contributed by atoms with Crippen molar-refractivity contribution in [2.75, 3.05) is 0 Å². The van der Waals surface area contributed by atoms with E-state index in [-0.39, 0.29) is 0 Å². The van der Waals surface area contributed by atoms with Crippen LogP contribution >= 0.6 is 11.6 Å². The first-order valence-corrected chi connectivity index (χ1v) is 7.85. The van der Waals surface area contributed by atoms with Gasteiger partial charge in [0.05, 0.1) is 9.52 Å². The van der Waals surface area contributed by atoms with E-state index in [2.05, 4.69) is 56.3 Å². The van der Waals surface area contributed by atoms with Gasteiger partial charge in [-0.3, -0.25) is 0 Å². The highest BCUT2D eigenvalue weighted by atomic mass is 35.5. The maximum absolute atomic E-state index is 5.99. The van der Waals surface area contributed by atoms with Crippen LogP contribution in [-0.2, 0) is 5.88 Å². The second kappa shape index (κ2) is 5.52. The molecule has 2 aromatic rings. The minimum Gasteiger partial charge on any atom is -0.122 e. The summed E-state index contributed by atoms with van der Waals surface area (Å²) in [6, 6.07) is 15.2. The van der Waals surface area contributed by atoms with E-state index in [1.165, 1.54) is 27.1 Å². The predicted octanol–water partition coefficient (Wildman–Crippen LogP) is 2.16. The fraction of sp³-hybridized carbons (Fsp3) is 0.200. The lowest BCUT2D eigenvalue weighted by Gasteiger charge is -2.10. The van der Waals surface area contributed by atoms with Gasteiger partial charge in [0.15, 0.2) is 0 Å². The van der Waals surface area contributed by atoms with Gasteiger partial charge in [0.2, 0.25) is 0 Å². The highest BCUT2D eigenvalue weighted by molar-refractivity contribution is 6.68. The third-order valence-corrected chi connectivity index (χ3v) is 5.87. The molecule has 17 heavy (non-hydrogen) atoms. The highest BCUT2D eigenvalue weighted by Crippen LogP contribution is 2.04. The first kappa shape index (κ1) is 12.4. The van der Waals surface area contributed by atoms with E-state index in [0.717, 1.165) is 0 Å². The van der Waals surface area contributed by atoms with Crippen molar-refractivity contribution in [2.45, 2.75) is 19.7 Å². The van der Waals surface area contributed by atoms with Gasteiger partial charge < -0.3 is 0 Å². The zero-order valence-electron chi connectivity index (χ0n) is 10.3. The topological polar surface area (TPSA) is 0 Å². The van der Waals surface area contributed by atoms with Crippen molar-refractivity contribution in [3.8, 4) is 0 Å². The summed E-state index contributed by atoms with van der Waals surface area (Å²) in [4.78, 5) is 0. The van der Waals surface area contributed by atoms with Crippen LogP contribution in [0.1, 0.15) is 16.7 Å². The smallest absolute Gasteiger partial charge is 0.0882 e. The van der Waals surface area contributed by atoms with Crippen LogP contribution in [0.2, 0.25) is 0 Å². The van der Waals surface area contributed by atoms with Crippen LogP contribution in [-0.4, -0.2) is 9.52 Å². The van der Waals surface area contributed by atoms with Crippen molar-refractivity contribution in [1.82, 2.24) is 0 Å². The lowest BCUT2D eigenvalue weighted by molar-refractivity contribution is 1.37. The van der Waals surface area contributed by atoms with Gasteiger partial charge in [0, 0.05) is 5.88 Å². The zero-order chi connectivity index (χ0) is 12.3. The molecule has 0 heterocycles. The van der Waals surface area contributed by atoms with Crippen molar-refractivity contribution in [3.05, 3.63) is 59.2 Å². The molecular weight excluding hydrogens is 244 g/mol. The second-order valence-electron chi connectivity index (χ2n) is 4.44. The number of hydrogen-bond acceptors (Lipinski definition) is 0. The molecule has 0 unspecified atom stereocenters. The van der Waals surface area contributed by atoms with Crippen molar-refractivity contribution in [1.29, 1.82) is 0 Å². The molecule has 0 spiro atoms. The molecule has 0 fully saturated rings. The monoisotopic (exact) mass is 260 g/mol. The third kappa shape index (κ3) is 2.79. The molecule has 0 aliphatic rings. The summed E-state index contributed by atoms with van der Waals surface area (Å²) in [5.41, 5.74) is 4.13. The quantitative estimate of drug-likeness (QED) is 0.586. The lowest BCUT2D eigenvalue weighted by Crippen LogP contribution is -2.31. The Bertz CT molecular complexity index is 520. The van der Waals surface area contributed by atoms with E-state index in [1.807, 2.05) is 0 Å². The number of benzene rings is 2. The summed E-state index contributed by atoms with van der Waals surface area (Å²) in [5.74, 6) is 0.619. The average molecular weight is 261 g/mol. The molecule has 0 amide bonds. The average Bonchev–Trinajstić information content (AvgIpc) is 2.35. The molecule has 0 aliphatic heterocycles. The van der Waals surface area contributed by atoms with Crippen molar-refractivity contribution >= 4 is 31.5 Å². The molecule has 88 valence electrons. The van der Waals surface area contributed by atoms with Crippen molar-refractivity contribution < 1.29 is 0 Å². The number of halogens is 1. The Hall–Kier alpha value is -1.05. The third-order valence-electron chi connectivity index (χ3n) is 3.36. The number of hydrogen-bond donors (Lipinski definition) is 0. The Labute approximate surface area is 110 Å². The molecule has 2 rings (SSSR count).